The molecule has 0 aliphatic carbocycles. The van der Waals surface area contributed by atoms with Gasteiger partial charge in [-0.1, -0.05) is 13.1 Å². The van der Waals surface area contributed by atoms with Crippen molar-refractivity contribution in [3.63, 3.8) is 0 Å². The Hall–Kier alpha value is -3.22. The number of carboxylic acid groups (broad SMARTS) is 1. The monoisotopic (exact) mass is 334 g/mol. The molecule has 0 aliphatic heterocycles. The van der Waals surface area contributed by atoms with Crippen LogP contribution in [0.2, 0.25) is 0 Å². The molecule has 0 unspecified atom stereocenters. The van der Waals surface area contributed by atoms with E-state index in [-0.39, 0.29) is 41.5 Å². The normalized spacial score (nSPS) is 7.96. The number of ether oxygens (including phenoxy) is 1. The van der Waals surface area contributed by atoms with Crippen molar-refractivity contribution in [1.82, 2.24) is 9.97 Å². The maximum atomic E-state index is 10.9. The third-order valence-corrected chi connectivity index (χ3v) is 2.39. The van der Waals surface area contributed by atoms with Crippen molar-refractivity contribution < 1.29 is 43.8 Å². The molecule has 0 atom stereocenters. The number of esters is 1. The van der Waals surface area contributed by atoms with Crippen molar-refractivity contribution in [3.8, 4) is 0 Å². The number of carbonyl (C=O) groups excluding carboxylic acids is 1. The van der Waals surface area contributed by atoms with Crippen LogP contribution in [0, 0.1) is 13.1 Å². The maximum Gasteiger partial charge on any atom is 1.00 e. The Bertz CT molecular complexity index is 814. The van der Waals surface area contributed by atoms with E-state index in [1.807, 2.05) is 0 Å². The first-order valence-electron chi connectivity index (χ1n) is 6.00. The predicted octanol–water partition coefficient (Wildman–Crippen LogP) is -0.423. The fourth-order valence-electron chi connectivity index (χ4n) is 1.34. The number of aromatic carboxylic acids is 1. The van der Waals surface area contributed by atoms with Gasteiger partial charge in [-0.25, -0.2) is 9.59 Å². The largest absolute Gasteiger partial charge is 1.00 e. The Morgan fingerprint density at radius 2 is 1.48 bits per heavy atom. The van der Waals surface area contributed by atoms with Gasteiger partial charge in [0.05, 0.1) is 18.2 Å². The first-order valence-corrected chi connectivity index (χ1v) is 6.00. The Labute approximate surface area is 155 Å². The van der Waals surface area contributed by atoms with E-state index in [0.717, 1.165) is 0 Å². The summed E-state index contributed by atoms with van der Waals surface area (Å²) < 4.78 is 4.47. The van der Waals surface area contributed by atoms with Gasteiger partial charge < -0.3 is 25.0 Å². The van der Waals surface area contributed by atoms with Crippen LogP contribution in [0.5, 0.6) is 0 Å². The quantitative estimate of drug-likeness (QED) is 0.448. The molecule has 0 aromatic carbocycles. The molecule has 2 N–H and O–H groups in total. The molecule has 25 heavy (non-hydrogen) atoms. The van der Waals surface area contributed by atoms with E-state index < -0.39 is 11.9 Å². The number of methoxy groups -OCH3 is 1. The van der Waals surface area contributed by atoms with Crippen molar-refractivity contribution in [3.05, 3.63) is 70.6 Å². The average Bonchev–Trinajstić information content (AvgIpc) is 2.61. The zero-order valence-electron chi connectivity index (χ0n) is 13.4. The van der Waals surface area contributed by atoms with E-state index >= 15 is 0 Å². The molecule has 0 amide bonds. The smallest absolute Gasteiger partial charge is 0.870 e. The third-order valence-electron chi connectivity index (χ3n) is 2.39. The van der Waals surface area contributed by atoms with Crippen LogP contribution in [0.4, 0.5) is 11.6 Å². The van der Waals surface area contributed by atoms with E-state index in [0.29, 0.717) is 5.56 Å². The van der Waals surface area contributed by atoms with Crippen LogP contribution >= 0.6 is 0 Å². The SMILES string of the molecule is [C-]#[N+]c1cc(C(=O)O)ccn1.[C-]#[N+]c1cc(C(=O)OC)ccn1.[Li+].[OH-]. The van der Waals surface area contributed by atoms with Crippen LogP contribution in [-0.4, -0.2) is 39.6 Å². The Morgan fingerprint density at radius 3 is 1.88 bits per heavy atom. The van der Waals surface area contributed by atoms with Crippen LogP contribution < -0.4 is 18.9 Å². The van der Waals surface area contributed by atoms with Gasteiger partial charge in [0.2, 0.25) is 0 Å². The second-order valence-corrected chi connectivity index (χ2v) is 3.83. The zero-order chi connectivity index (χ0) is 17.2. The van der Waals surface area contributed by atoms with Gasteiger partial charge in [0, 0.05) is 0 Å². The maximum absolute atomic E-state index is 10.9. The van der Waals surface area contributed by atoms with Gasteiger partial charge in [0.15, 0.2) is 0 Å². The van der Waals surface area contributed by atoms with Crippen molar-refractivity contribution in [1.29, 1.82) is 0 Å². The summed E-state index contributed by atoms with van der Waals surface area (Å²) in [5.74, 6) is -1.21. The number of pyridine rings is 2. The summed E-state index contributed by atoms with van der Waals surface area (Å²) >= 11 is 0. The Balaban J connectivity index is 0. The van der Waals surface area contributed by atoms with Crippen molar-refractivity contribution in [2.75, 3.05) is 7.11 Å². The number of nitrogens with zero attached hydrogens (tertiary/aromatic N) is 4. The van der Waals surface area contributed by atoms with Gasteiger partial charge >= 0.3 is 30.8 Å². The Kier molecular flexibility index (Phi) is 11.8. The van der Waals surface area contributed by atoms with E-state index in [1.54, 1.807) is 0 Å². The first-order chi connectivity index (χ1) is 11.0. The van der Waals surface area contributed by atoms with Gasteiger partial charge in [-0.15, -0.1) is 9.97 Å². The van der Waals surface area contributed by atoms with E-state index in [1.165, 1.54) is 43.8 Å². The van der Waals surface area contributed by atoms with Crippen LogP contribution in [-0.2, 0) is 4.74 Å². The van der Waals surface area contributed by atoms with Gasteiger partial charge in [-0.2, -0.15) is 0 Å². The van der Waals surface area contributed by atoms with Crippen LogP contribution in [0.3, 0.4) is 0 Å². The second-order valence-electron chi connectivity index (χ2n) is 3.83. The standard InChI is InChI=1S/C8H6N2O2.C7H4N2O2.Li.H2O/c1-9-7-5-6(3-4-10-7)8(11)12-2;1-8-6-4-5(7(10)11)2-3-9-6;;/h3-5H,2H3;2-4H,(H,10,11);;1H2/q;;+1;/p-1. The molecule has 2 heterocycles. The number of carboxylic acids is 1. The molecule has 2 aromatic heterocycles. The average molecular weight is 334 g/mol. The zero-order valence-corrected chi connectivity index (χ0v) is 13.4. The van der Waals surface area contributed by atoms with Crippen LogP contribution in [0.25, 0.3) is 9.69 Å². The van der Waals surface area contributed by atoms with Gasteiger partial charge in [-0.3, -0.25) is 0 Å². The third kappa shape index (κ3) is 7.73. The summed E-state index contributed by atoms with van der Waals surface area (Å²) in [6, 6.07) is 5.46. The van der Waals surface area contributed by atoms with Crippen LogP contribution in [0.15, 0.2) is 36.7 Å². The van der Waals surface area contributed by atoms with Crippen molar-refractivity contribution >= 4 is 23.6 Å². The summed E-state index contributed by atoms with van der Waals surface area (Å²) in [4.78, 5) is 34.7. The van der Waals surface area contributed by atoms with E-state index in [9.17, 15) is 9.59 Å². The molecule has 0 saturated carbocycles. The molecule has 9 nitrogen and oxygen atoms in total. The number of aromatic nitrogens is 2. The molecule has 0 aliphatic rings. The molecule has 2 rings (SSSR count). The number of rotatable bonds is 2. The molecule has 0 spiro atoms. The molecule has 10 heteroatoms. The van der Waals surface area contributed by atoms with Gasteiger partial charge in [-0.05, 0) is 24.3 Å². The molecular formula is C15H11LiN4O5. The minimum absolute atomic E-state index is 0. The molecule has 0 saturated heterocycles. The number of carbonyl (C=O) groups is 2. The molecule has 0 radical (unpaired) electrons. The van der Waals surface area contributed by atoms with Gasteiger partial charge in [0.1, 0.15) is 12.4 Å². The number of hydrogen-bond acceptors (Lipinski definition) is 6. The fraction of sp³-hybridized carbons (Fsp3) is 0.0667. The molecular weight excluding hydrogens is 323 g/mol. The summed E-state index contributed by atoms with van der Waals surface area (Å²) in [6.07, 6.45) is 2.70. The van der Waals surface area contributed by atoms with Crippen molar-refractivity contribution in [2.24, 2.45) is 0 Å². The second kappa shape index (κ2) is 12.2. The predicted molar refractivity (Wildman–Crippen MR) is 81.2 cm³/mol. The summed E-state index contributed by atoms with van der Waals surface area (Å²) in [7, 11) is 1.29. The van der Waals surface area contributed by atoms with Gasteiger partial charge in [0.25, 0.3) is 11.6 Å². The van der Waals surface area contributed by atoms with Crippen LogP contribution in [0.1, 0.15) is 20.7 Å². The van der Waals surface area contributed by atoms with E-state index in [4.69, 9.17) is 18.3 Å². The van der Waals surface area contributed by atoms with E-state index in [2.05, 4.69) is 24.4 Å². The topological polar surface area (TPSA) is 128 Å². The molecule has 2 aromatic rings. The number of hydrogen-bond donors (Lipinski definition) is 1. The molecule has 122 valence electrons. The molecule has 0 fully saturated rings. The van der Waals surface area contributed by atoms with Crippen molar-refractivity contribution in [2.45, 2.75) is 0 Å². The molecule has 0 bridgehead atoms. The summed E-state index contributed by atoms with van der Waals surface area (Å²) in [5.41, 5.74) is 0.435. The summed E-state index contributed by atoms with van der Waals surface area (Å²) in [6.45, 7) is 13.2. The first kappa shape index (κ1) is 24.0. The Morgan fingerprint density at radius 1 is 1.04 bits per heavy atom. The fourth-order valence-corrected chi connectivity index (χ4v) is 1.34. The minimum Gasteiger partial charge on any atom is -0.870 e. The minimum atomic E-state index is -1.04. The summed E-state index contributed by atoms with van der Waals surface area (Å²) in [5, 5.41) is 8.47.